The van der Waals surface area contributed by atoms with Crippen molar-refractivity contribution in [3.05, 3.63) is 66.6 Å². The smallest absolute Gasteiger partial charge is 0.259 e. The van der Waals surface area contributed by atoms with Gasteiger partial charge < -0.3 is 14.7 Å². The van der Waals surface area contributed by atoms with Crippen LogP contribution in [-0.2, 0) is 6.54 Å². The normalized spacial score (nSPS) is 19.2. The number of fused-ring (bicyclic) bond motifs is 1. The number of ether oxygens (including phenoxy) is 1. The number of aromatic nitrogens is 4. The van der Waals surface area contributed by atoms with Crippen LogP contribution in [0.1, 0.15) is 29.8 Å². The highest BCUT2D eigenvalue weighted by Crippen LogP contribution is 2.30. The summed E-state index contributed by atoms with van der Waals surface area (Å²) < 4.78 is 6.37. The first-order valence-electron chi connectivity index (χ1n) is 11.4. The van der Waals surface area contributed by atoms with Crippen LogP contribution in [0, 0.1) is 5.92 Å². The van der Waals surface area contributed by atoms with E-state index in [-0.39, 0.29) is 30.6 Å². The number of hydrogen-bond donors (Lipinski definition) is 1. The molecule has 3 aromatic rings. The van der Waals surface area contributed by atoms with E-state index in [0.717, 1.165) is 23.2 Å². The molecule has 9 nitrogen and oxygen atoms in total. The van der Waals surface area contributed by atoms with Gasteiger partial charge in [0.05, 0.1) is 12.6 Å². The average molecular weight is 463 g/mol. The summed E-state index contributed by atoms with van der Waals surface area (Å²) >= 11 is 0. The van der Waals surface area contributed by atoms with Crippen molar-refractivity contribution >= 4 is 5.91 Å². The highest BCUT2D eigenvalue weighted by atomic mass is 16.5. The lowest BCUT2D eigenvalue weighted by Gasteiger charge is -2.37. The third-order valence-electron chi connectivity index (χ3n) is 6.11. The van der Waals surface area contributed by atoms with Crippen LogP contribution in [0.5, 0.6) is 5.88 Å². The molecule has 0 spiro atoms. The number of carbonyl (C=O) groups excluding carboxylic acids is 1. The van der Waals surface area contributed by atoms with Gasteiger partial charge in [0.25, 0.3) is 5.91 Å². The van der Waals surface area contributed by atoms with Crippen molar-refractivity contribution in [3.63, 3.8) is 0 Å². The summed E-state index contributed by atoms with van der Waals surface area (Å²) in [5.41, 5.74) is 3.02. The third-order valence-corrected chi connectivity index (χ3v) is 6.11. The first-order chi connectivity index (χ1) is 16.5. The van der Waals surface area contributed by atoms with E-state index in [1.807, 2.05) is 26.1 Å². The number of aliphatic hydroxyl groups is 1. The molecule has 0 radical (unpaired) electrons. The minimum absolute atomic E-state index is 0.0231. The minimum Gasteiger partial charge on any atom is -0.472 e. The lowest BCUT2D eigenvalue weighted by molar-refractivity contribution is 0.0325. The van der Waals surface area contributed by atoms with Crippen LogP contribution in [-0.4, -0.2) is 79.6 Å². The molecule has 1 aliphatic heterocycles. The molecule has 1 aliphatic rings. The van der Waals surface area contributed by atoms with Gasteiger partial charge in [-0.3, -0.25) is 14.7 Å². The van der Waals surface area contributed by atoms with Gasteiger partial charge in [0, 0.05) is 67.7 Å². The Hall–Kier alpha value is -3.43. The lowest BCUT2D eigenvalue weighted by Crippen LogP contribution is -2.49. The van der Waals surface area contributed by atoms with Gasteiger partial charge in [0.15, 0.2) is 0 Å². The van der Waals surface area contributed by atoms with Crippen LogP contribution in [0.4, 0.5) is 0 Å². The van der Waals surface area contributed by atoms with Crippen LogP contribution < -0.4 is 4.74 Å². The Morgan fingerprint density at radius 1 is 1.18 bits per heavy atom. The van der Waals surface area contributed by atoms with Gasteiger partial charge in [0.1, 0.15) is 18.0 Å². The summed E-state index contributed by atoms with van der Waals surface area (Å²) in [4.78, 5) is 34.2. The van der Waals surface area contributed by atoms with Gasteiger partial charge in [-0.2, -0.15) is 0 Å². The van der Waals surface area contributed by atoms with Gasteiger partial charge in [0.2, 0.25) is 5.88 Å². The fourth-order valence-corrected chi connectivity index (χ4v) is 4.10. The van der Waals surface area contributed by atoms with Crippen molar-refractivity contribution < 1.29 is 14.6 Å². The Labute approximate surface area is 199 Å². The molecule has 0 bridgehead atoms. The second-order valence-corrected chi connectivity index (χ2v) is 8.88. The quantitative estimate of drug-likeness (QED) is 0.570. The van der Waals surface area contributed by atoms with Crippen molar-refractivity contribution in [2.45, 2.75) is 32.5 Å². The average Bonchev–Trinajstić information content (AvgIpc) is 2.86. The van der Waals surface area contributed by atoms with E-state index < -0.39 is 0 Å². The molecule has 1 N–H and O–H groups in total. The second kappa shape index (κ2) is 10.7. The molecule has 0 aromatic carbocycles. The molecule has 0 fully saturated rings. The molecule has 3 atom stereocenters. The maximum atomic E-state index is 13.5. The van der Waals surface area contributed by atoms with E-state index in [1.54, 1.807) is 42.0 Å². The molecule has 0 saturated carbocycles. The summed E-state index contributed by atoms with van der Waals surface area (Å²) in [7, 11) is 2.04. The van der Waals surface area contributed by atoms with E-state index in [2.05, 4.69) is 31.8 Å². The molecule has 9 heteroatoms. The lowest BCUT2D eigenvalue weighted by atomic mass is 9.99. The maximum Gasteiger partial charge on any atom is 0.259 e. The molecular formula is C25H30N6O3. The van der Waals surface area contributed by atoms with E-state index in [4.69, 9.17) is 4.74 Å². The van der Waals surface area contributed by atoms with E-state index in [0.29, 0.717) is 24.5 Å². The SMILES string of the molecule is C[C@H](CO)N1C[C@H](C)[C@H](CN(C)Cc2ccncc2)Oc2ncc(-c3cncnc3)cc2C1=O. The monoisotopic (exact) mass is 462 g/mol. The molecule has 0 unspecified atom stereocenters. The summed E-state index contributed by atoms with van der Waals surface area (Å²) in [5, 5.41) is 9.84. The Bertz CT molecular complexity index is 1100. The number of aliphatic hydroxyl groups excluding tert-OH is 1. The summed E-state index contributed by atoms with van der Waals surface area (Å²) in [5.74, 6) is 0.114. The molecule has 3 aromatic heterocycles. The van der Waals surface area contributed by atoms with Crippen molar-refractivity contribution in [2.24, 2.45) is 5.92 Å². The predicted molar refractivity (Wildman–Crippen MR) is 127 cm³/mol. The fourth-order valence-electron chi connectivity index (χ4n) is 4.10. The number of hydrogen-bond acceptors (Lipinski definition) is 8. The topological polar surface area (TPSA) is 105 Å². The molecule has 4 heterocycles. The number of carbonyl (C=O) groups is 1. The first-order valence-corrected chi connectivity index (χ1v) is 11.4. The van der Waals surface area contributed by atoms with Gasteiger partial charge in [-0.05, 0) is 37.7 Å². The van der Waals surface area contributed by atoms with Gasteiger partial charge >= 0.3 is 0 Å². The molecule has 34 heavy (non-hydrogen) atoms. The van der Waals surface area contributed by atoms with Crippen molar-refractivity contribution in [3.8, 4) is 17.0 Å². The Morgan fingerprint density at radius 2 is 1.91 bits per heavy atom. The molecule has 1 amide bonds. The Morgan fingerprint density at radius 3 is 2.62 bits per heavy atom. The molecular weight excluding hydrogens is 432 g/mol. The Balaban J connectivity index is 1.65. The van der Waals surface area contributed by atoms with Crippen LogP contribution in [0.2, 0.25) is 0 Å². The van der Waals surface area contributed by atoms with Crippen molar-refractivity contribution in [2.75, 3.05) is 26.7 Å². The zero-order chi connectivity index (χ0) is 24.1. The number of rotatable bonds is 7. The summed E-state index contributed by atoms with van der Waals surface area (Å²) in [6.45, 7) is 5.65. The molecule has 178 valence electrons. The molecule has 0 aliphatic carbocycles. The fraction of sp³-hybridized carbons (Fsp3) is 0.400. The van der Waals surface area contributed by atoms with Gasteiger partial charge in [-0.1, -0.05) is 6.92 Å². The highest BCUT2D eigenvalue weighted by molar-refractivity contribution is 5.98. The number of amides is 1. The highest BCUT2D eigenvalue weighted by Gasteiger charge is 2.34. The molecule has 0 saturated heterocycles. The number of likely N-dealkylation sites (N-methyl/N-ethyl adjacent to an activating group) is 1. The van der Waals surface area contributed by atoms with E-state index in [1.165, 1.54) is 6.33 Å². The van der Waals surface area contributed by atoms with Crippen molar-refractivity contribution in [1.82, 2.24) is 29.7 Å². The molecule has 4 rings (SSSR count). The summed E-state index contributed by atoms with van der Waals surface area (Å²) in [6, 6.07) is 5.43. The Kier molecular flexibility index (Phi) is 7.44. The third kappa shape index (κ3) is 5.37. The van der Waals surface area contributed by atoms with Gasteiger partial charge in [-0.25, -0.2) is 15.0 Å². The summed E-state index contributed by atoms with van der Waals surface area (Å²) in [6.07, 6.45) is 9.86. The van der Waals surface area contributed by atoms with Gasteiger partial charge in [-0.15, -0.1) is 0 Å². The van der Waals surface area contributed by atoms with Crippen LogP contribution >= 0.6 is 0 Å². The van der Waals surface area contributed by atoms with Crippen LogP contribution in [0.15, 0.2) is 55.5 Å². The standard InChI is InChI=1S/C25H30N6O3/c1-17-12-31(18(2)15-32)25(33)22-8-20(21-9-27-16-28-10-21)11-29-24(22)34-23(17)14-30(3)13-19-4-6-26-7-5-19/h4-11,16-18,23,32H,12-15H2,1-3H3/t17-,18+,23-/m0/s1. The minimum atomic E-state index is -0.334. The first kappa shape index (κ1) is 23.7. The largest absolute Gasteiger partial charge is 0.472 e. The number of nitrogens with zero attached hydrogens (tertiary/aromatic N) is 6. The zero-order valence-electron chi connectivity index (χ0n) is 19.7. The van der Waals surface area contributed by atoms with E-state index in [9.17, 15) is 9.90 Å². The number of pyridine rings is 2. The van der Waals surface area contributed by atoms with Crippen LogP contribution in [0.25, 0.3) is 11.1 Å². The van der Waals surface area contributed by atoms with Crippen molar-refractivity contribution in [1.29, 1.82) is 0 Å². The predicted octanol–water partition coefficient (Wildman–Crippen LogP) is 2.29. The van der Waals surface area contributed by atoms with E-state index >= 15 is 0 Å². The van der Waals surface area contributed by atoms with Crippen LogP contribution in [0.3, 0.4) is 0 Å². The second-order valence-electron chi connectivity index (χ2n) is 8.88. The zero-order valence-corrected chi connectivity index (χ0v) is 19.7. The maximum absolute atomic E-state index is 13.5.